The molecule has 1 rings (SSSR count). The van der Waals surface area contributed by atoms with Gasteiger partial charge in [0.1, 0.15) is 0 Å². The molecule has 1 aromatic rings. The smallest absolute Gasteiger partial charge is 0.328 e. The van der Waals surface area contributed by atoms with Crippen molar-refractivity contribution in [3.8, 4) is 0 Å². The highest BCUT2D eigenvalue weighted by atomic mass is 35.5. The van der Waals surface area contributed by atoms with Crippen molar-refractivity contribution in [2.24, 2.45) is 0 Å². The van der Waals surface area contributed by atoms with Crippen LogP contribution in [0, 0.1) is 5.82 Å². The van der Waals surface area contributed by atoms with Gasteiger partial charge in [0.15, 0.2) is 5.82 Å². The summed E-state index contributed by atoms with van der Waals surface area (Å²) in [6.45, 7) is 0. The van der Waals surface area contributed by atoms with E-state index in [-0.39, 0.29) is 15.6 Å². The zero-order valence-electron chi connectivity index (χ0n) is 6.80. The molecule has 0 fully saturated rings. The van der Waals surface area contributed by atoms with E-state index in [0.717, 1.165) is 6.08 Å². The zero-order chi connectivity index (χ0) is 10.7. The van der Waals surface area contributed by atoms with Crippen LogP contribution in [-0.4, -0.2) is 11.1 Å². The monoisotopic (exact) mass is 234 g/mol. The highest BCUT2D eigenvalue weighted by Crippen LogP contribution is 2.27. The molecular formula is C9H5Cl2FO2. The molecule has 5 heteroatoms. The van der Waals surface area contributed by atoms with Crippen LogP contribution in [-0.2, 0) is 4.79 Å². The van der Waals surface area contributed by atoms with Crippen molar-refractivity contribution in [3.63, 3.8) is 0 Å². The summed E-state index contributed by atoms with van der Waals surface area (Å²) in [4.78, 5) is 10.2. The lowest BCUT2D eigenvalue weighted by atomic mass is 10.2. The third-order valence-electron chi connectivity index (χ3n) is 1.47. The molecular weight excluding hydrogens is 230 g/mol. The lowest BCUT2D eigenvalue weighted by Crippen LogP contribution is -1.88. The number of carboxylic acid groups (broad SMARTS) is 1. The Morgan fingerprint density at radius 2 is 2.07 bits per heavy atom. The Kier molecular flexibility index (Phi) is 3.49. The molecule has 0 heterocycles. The van der Waals surface area contributed by atoms with Crippen LogP contribution in [0.25, 0.3) is 6.08 Å². The number of hydrogen-bond donors (Lipinski definition) is 1. The van der Waals surface area contributed by atoms with Gasteiger partial charge >= 0.3 is 5.97 Å². The van der Waals surface area contributed by atoms with Crippen molar-refractivity contribution in [2.75, 3.05) is 0 Å². The van der Waals surface area contributed by atoms with Gasteiger partial charge < -0.3 is 5.11 Å². The Morgan fingerprint density at radius 1 is 1.43 bits per heavy atom. The van der Waals surface area contributed by atoms with Crippen LogP contribution in [0.2, 0.25) is 10.0 Å². The predicted octanol–water partition coefficient (Wildman–Crippen LogP) is 3.23. The maximum atomic E-state index is 13.1. The van der Waals surface area contributed by atoms with E-state index in [0.29, 0.717) is 0 Å². The van der Waals surface area contributed by atoms with E-state index >= 15 is 0 Å². The lowest BCUT2D eigenvalue weighted by Gasteiger charge is -2.00. The molecule has 0 amide bonds. The lowest BCUT2D eigenvalue weighted by molar-refractivity contribution is -0.131. The quantitative estimate of drug-likeness (QED) is 0.631. The number of benzene rings is 1. The SMILES string of the molecule is O=C(O)/C=C/c1ccc(Cl)c(F)c1Cl. The molecule has 0 saturated heterocycles. The first-order valence-electron chi connectivity index (χ1n) is 3.57. The minimum Gasteiger partial charge on any atom is -0.478 e. The number of carboxylic acids is 1. The van der Waals surface area contributed by atoms with Gasteiger partial charge in [0, 0.05) is 6.08 Å². The summed E-state index contributed by atoms with van der Waals surface area (Å²) in [5.41, 5.74) is 0.274. The maximum absolute atomic E-state index is 13.1. The average molecular weight is 235 g/mol. The van der Waals surface area contributed by atoms with Crippen molar-refractivity contribution in [1.82, 2.24) is 0 Å². The second-order valence-corrected chi connectivity index (χ2v) is 3.22. The van der Waals surface area contributed by atoms with Crippen molar-refractivity contribution >= 4 is 35.2 Å². The van der Waals surface area contributed by atoms with Gasteiger partial charge in [0.05, 0.1) is 10.0 Å². The summed E-state index contributed by atoms with van der Waals surface area (Å²) in [6.07, 6.45) is 2.07. The number of carbonyl (C=O) groups is 1. The van der Waals surface area contributed by atoms with Crippen LogP contribution in [0.15, 0.2) is 18.2 Å². The van der Waals surface area contributed by atoms with E-state index < -0.39 is 11.8 Å². The fourth-order valence-electron chi connectivity index (χ4n) is 0.831. The number of rotatable bonds is 2. The molecule has 0 aromatic heterocycles. The van der Waals surface area contributed by atoms with Gasteiger partial charge in [-0.1, -0.05) is 29.3 Å². The molecule has 0 saturated carbocycles. The van der Waals surface area contributed by atoms with Gasteiger partial charge in [-0.3, -0.25) is 0 Å². The number of halogens is 3. The Morgan fingerprint density at radius 3 is 2.64 bits per heavy atom. The van der Waals surface area contributed by atoms with Crippen LogP contribution in [0.1, 0.15) is 5.56 Å². The summed E-state index contributed by atoms with van der Waals surface area (Å²) in [5.74, 6) is -1.88. The van der Waals surface area contributed by atoms with E-state index in [1.54, 1.807) is 0 Å². The molecule has 0 spiro atoms. The Labute approximate surface area is 89.6 Å². The molecule has 2 nitrogen and oxygen atoms in total. The van der Waals surface area contributed by atoms with E-state index in [1.165, 1.54) is 18.2 Å². The molecule has 0 aliphatic heterocycles. The summed E-state index contributed by atoms with van der Waals surface area (Å²) < 4.78 is 13.1. The minimum atomic E-state index is -1.13. The van der Waals surface area contributed by atoms with Gasteiger partial charge in [0.25, 0.3) is 0 Å². The van der Waals surface area contributed by atoms with E-state index in [1.807, 2.05) is 0 Å². The molecule has 0 aliphatic rings. The standard InChI is InChI=1S/C9H5Cl2FO2/c10-6-3-1-5(2-4-7(13)14)8(11)9(6)12/h1-4H,(H,13,14)/b4-2+. The summed E-state index contributed by atoms with van der Waals surface area (Å²) in [5, 5.41) is 8.06. The third kappa shape index (κ3) is 2.47. The highest BCUT2D eigenvalue weighted by Gasteiger charge is 2.08. The Hall–Kier alpha value is -1.06. The van der Waals surface area contributed by atoms with Gasteiger partial charge in [-0.25, -0.2) is 9.18 Å². The first-order valence-corrected chi connectivity index (χ1v) is 4.32. The van der Waals surface area contributed by atoms with Gasteiger partial charge in [-0.2, -0.15) is 0 Å². The first-order chi connectivity index (χ1) is 6.52. The zero-order valence-corrected chi connectivity index (χ0v) is 8.31. The van der Waals surface area contributed by atoms with Crippen molar-refractivity contribution in [3.05, 3.63) is 39.6 Å². The van der Waals surface area contributed by atoms with Crippen LogP contribution < -0.4 is 0 Å². The number of aliphatic carboxylic acids is 1. The molecule has 0 unspecified atom stereocenters. The first kappa shape index (κ1) is 11.0. The average Bonchev–Trinajstić information content (AvgIpc) is 2.13. The highest BCUT2D eigenvalue weighted by molar-refractivity contribution is 6.35. The van der Waals surface area contributed by atoms with Crippen molar-refractivity contribution in [1.29, 1.82) is 0 Å². The molecule has 0 radical (unpaired) electrons. The molecule has 0 atom stereocenters. The Bertz CT molecular complexity index is 402. The second-order valence-electron chi connectivity index (χ2n) is 2.44. The topological polar surface area (TPSA) is 37.3 Å². The van der Waals surface area contributed by atoms with Crippen LogP contribution >= 0.6 is 23.2 Å². The molecule has 14 heavy (non-hydrogen) atoms. The summed E-state index contributed by atoms with van der Waals surface area (Å²) >= 11 is 11.0. The van der Waals surface area contributed by atoms with Crippen LogP contribution in [0.5, 0.6) is 0 Å². The molecule has 0 bridgehead atoms. The second kappa shape index (κ2) is 4.44. The van der Waals surface area contributed by atoms with Crippen LogP contribution in [0.3, 0.4) is 0 Å². The van der Waals surface area contributed by atoms with Crippen LogP contribution in [0.4, 0.5) is 4.39 Å². The summed E-state index contributed by atoms with van der Waals surface area (Å²) in [7, 11) is 0. The molecule has 1 aromatic carbocycles. The minimum absolute atomic E-state index is 0.0949. The Balaban J connectivity index is 3.12. The number of hydrogen-bond acceptors (Lipinski definition) is 1. The van der Waals surface area contributed by atoms with E-state index in [9.17, 15) is 9.18 Å². The molecule has 0 aliphatic carbocycles. The van der Waals surface area contributed by atoms with E-state index in [4.69, 9.17) is 28.3 Å². The molecule has 74 valence electrons. The predicted molar refractivity (Wildman–Crippen MR) is 53.1 cm³/mol. The fourth-order valence-corrected chi connectivity index (χ4v) is 1.26. The van der Waals surface area contributed by atoms with Gasteiger partial charge in [-0.05, 0) is 17.7 Å². The van der Waals surface area contributed by atoms with E-state index in [2.05, 4.69) is 0 Å². The largest absolute Gasteiger partial charge is 0.478 e. The molecule has 1 N–H and O–H groups in total. The van der Waals surface area contributed by atoms with Crippen molar-refractivity contribution in [2.45, 2.75) is 0 Å². The maximum Gasteiger partial charge on any atom is 0.328 e. The summed E-state index contributed by atoms with van der Waals surface area (Å²) in [6, 6.07) is 2.75. The van der Waals surface area contributed by atoms with Crippen molar-refractivity contribution < 1.29 is 14.3 Å². The van der Waals surface area contributed by atoms with Gasteiger partial charge in [-0.15, -0.1) is 0 Å². The third-order valence-corrected chi connectivity index (χ3v) is 2.15. The normalized spacial score (nSPS) is 10.8. The fraction of sp³-hybridized carbons (Fsp3) is 0. The van der Waals surface area contributed by atoms with Gasteiger partial charge in [0.2, 0.25) is 0 Å².